The molecule has 0 radical (unpaired) electrons. The summed E-state index contributed by atoms with van der Waals surface area (Å²) in [5.41, 5.74) is 1.12. The van der Waals surface area contributed by atoms with Gasteiger partial charge in [-0.3, -0.25) is 0 Å². The number of aromatic nitrogens is 4. The van der Waals surface area contributed by atoms with E-state index < -0.39 is 5.97 Å². The fourth-order valence-electron chi connectivity index (χ4n) is 2.37. The minimum Gasteiger partial charge on any atom is -0.476 e. The number of fused-ring (bicyclic) bond motifs is 1. The summed E-state index contributed by atoms with van der Waals surface area (Å²) in [6.07, 6.45) is 5.13. The van der Waals surface area contributed by atoms with Crippen molar-refractivity contribution in [1.82, 2.24) is 19.7 Å². The molecular formula is C15H14N4O2. The maximum absolute atomic E-state index is 11.5. The van der Waals surface area contributed by atoms with Crippen LogP contribution >= 0.6 is 0 Å². The first kappa shape index (κ1) is 13.2. The zero-order chi connectivity index (χ0) is 14.8. The second-order valence-electron chi connectivity index (χ2n) is 4.68. The molecule has 3 rings (SSSR count). The van der Waals surface area contributed by atoms with Gasteiger partial charge in [-0.15, -0.1) is 10.2 Å². The first-order chi connectivity index (χ1) is 10.2. The Bertz CT molecular complexity index is 810. The normalized spacial score (nSPS) is 10.9. The van der Waals surface area contributed by atoms with Gasteiger partial charge in [0.15, 0.2) is 5.69 Å². The van der Waals surface area contributed by atoms with Crippen molar-refractivity contribution in [2.75, 3.05) is 0 Å². The van der Waals surface area contributed by atoms with Crippen molar-refractivity contribution in [2.24, 2.45) is 0 Å². The average molecular weight is 282 g/mol. The van der Waals surface area contributed by atoms with Crippen LogP contribution in [0, 0.1) is 0 Å². The molecule has 0 amide bonds. The molecule has 106 valence electrons. The number of rotatable bonds is 4. The van der Waals surface area contributed by atoms with E-state index in [4.69, 9.17) is 0 Å². The van der Waals surface area contributed by atoms with Gasteiger partial charge in [-0.1, -0.05) is 25.1 Å². The molecule has 2 heterocycles. The minimum atomic E-state index is -1.10. The van der Waals surface area contributed by atoms with Crippen molar-refractivity contribution in [3.63, 3.8) is 0 Å². The Labute approximate surface area is 121 Å². The van der Waals surface area contributed by atoms with E-state index in [1.165, 1.54) is 0 Å². The summed E-state index contributed by atoms with van der Waals surface area (Å²) in [6, 6.07) is 7.37. The quantitative estimate of drug-likeness (QED) is 0.795. The SMILES string of the molecule is CCCc1nccn1-c1c(C(=O)O)nnc2ccccc12. The van der Waals surface area contributed by atoms with E-state index in [9.17, 15) is 9.90 Å². The van der Waals surface area contributed by atoms with Crippen LogP contribution in [0.3, 0.4) is 0 Å². The molecule has 6 heteroatoms. The smallest absolute Gasteiger partial charge is 0.358 e. The summed E-state index contributed by atoms with van der Waals surface area (Å²) in [5.74, 6) is -0.280. The molecule has 2 aromatic heterocycles. The highest BCUT2D eigenvalue weighted by molar-refractivity contribution is 5.98. The first-order valence-corrected chi connectivity index (χ1v) is 6.73. The zero-order valence-corrected chi connectivity index (χ0v) is 11.5. The number of benzene rings is 1. The zero-order valence-electron chi connectivity index (χ0n) is 11.5. The molecular weight excluding hydrogens is 268 g/mol. The molecule has 1 aromatic carbocycles. The van der Waals surface area contributed by atoms with E-state index in [1.807, 2.05) is 24.3 Å². The molecule has 0 aliphatic heterocycles. The number of nitrogens with zero attached hydrogens (tertiary/aromatic N) is 4. The molecule has 1 N–H and O–H groups in total. The molecule has 0 atom stereocenters. The summed E-state index contributed by atoms with van der Waals surface area (Å²) in [7, 11) is 0. The third-order valence-electron chi connectivity index (χ3n) is 3.28. The number of aromatic carboxylic acids is 1. The molecule has 0 bridgehead atoms. The summed E-state index contributed by atoms with van der Waals surface area (Å²) in [6.45, 7) is 2.06. The van der Waals surface area contributed by atoms with E-state index in [1.54, 1.807) is 17.0 Å². The van der Waals surface area contributed by atoms with Crippen molar-refractivity contribution in [3.05, 3.63) is 48.2 Å². The highest BCUT2D eigenvalue weighted by Gasteiger charge is 2.19. The molecule has 0 aliphatic rings. The topological polar surface area (TPSA) is 80.9 Å². The highest BCUT2D eigenvalue weighted by atomic mass is 16.4. The number of carboxylic acids is 1. The lowest BCUT2D eigenvalue weighted by Gasteiger charge is -2.12. The second-order valence-corrected chi connectivity index (χ2v) is 4.68. The van der Waals surface area contributed by atoms with Gasteiger partial charge in [0.25, 0.3) is 0 Å². The Balaban J connectivity index is 2.35. The van der Waals surface area contributed by atoms with Gasteiger partial charge in [-0.05, 0) is 12.5 Å². The van der Waals surface area contributed by atoms with Gasteiger partial charge < -0.3 is 9.67 Å². The van der Waals surface area contributed by atoms with E-state index >= 15 is 0 Å². The third-order valence-corrected chi connectivity index (χ3v) is 3.28. The molecule has 3 aromatic rings. The van der Waals surface area contributed by atoms with E-state index in [2.05, 4.69) is 22.1 Å². The fourth-order valence-corrected chi connectivity index (χ4v) is 2.37. The average Bonchev–Trinajstić information content (AvgIpc) is 2.94. The molecule has 0 saturated carbocycles. The number of imidazole rings is 1. The Morgan fingerprint density at radius 2 is 2.10 bits per heavy atom. The Hall–Kier alpha value is -2.76. The number of hydrogen-bond donors (Lipinski definition) is 1. The van der Waals surface area contributed by atoms with E-state index in [0.717, 1.165) is 24.1 Å². The number of aryl methyl sites for hydroxylation is 1. The van der Waals surface area contributed by atoms with Gasteiger partial charge in [0, 0.05) is 24.2 Å². The third kappa shape index (κ3) is 2.24. The van der Waals surface area contributed by atoms with Gasteiger partial charge in [0.1, 0.15) is 5.82 Å². The standard InChI is InChI=1S/C15H14N4O2/c1-2-5-12-16-8-9-19(12)14-10-6-3-4-7-11(10)17-18-13(14)15(20)21/h3-4,6-9H,2,5H2,1H3,(H,20,21). The molecule has 0 spiro atoms. The maximum Gasteiger partial charge on any atom is 0.358 e. The molecule has 21 heavy (non-hydrogen) atoms. The van der Waals surface area contributed by atoms with Crippen LogP contribution in [0.25, 0.3) is 16.6 Å². The fraction of sp³-hybridized carbons (Fsp3) is 0.200. The predicted octanol–water partition coefficient (Wildman–Crippen LogP) is 2.47. The van der Waals surface area contributed by atoms with Crippen LogP contribution in [0.1, 0.15) is 29.7 Å². The van der Waals surface area contributed by atoms with Crippen LogP contribution in [0.5, 0.6) is 0 Å². The van der Waals surface area contributed by atoms with Crippen LogP contribution in [0.2, 0.25) is 0 Å². The van der Waals surface area contributed by atoms with Gasteiger partial charge in [-0.25, -0.2) is 9.78 Å². The largest absolute Gasteiger partial charge is 0.476 e. The minimum absolute atomic E-state index is 0.0657. The van der Waals surface area contributed by atoms with Crippen molar-refractivity contribution in [2.45, 2.75) is 19.8 Å². The van der Waals surface area contributed by atoms with E-state index in [0.29, 0.717) is 11.2 Å². The number of carbonyl (C=O) groups is 1. The Kier molecular flexibility index (Phi) is 3.35. The lowest BCUT2D eigenvalue weighted by atomic mass is 10.1. The van der Waals surface area contributed by atoms with Crippen LogP contribution in [0.15, 0.2) is 36.7 Å². The summed E-state index contributed by atoms with van der Waals surface area (Å²) >= 11 is 0. The molecule has 0 aliphatic carbocycles. The molecule has 0 unspecified atom stereocenters. The monoisotopic (exact) mass is 282 g/mol. The Morgan fingerprint density at radius 1 is 1.29 bits per heavy atom. The van der Waals surface area contributed by atoms with Crippen LogP contribution in [-0.2, 0) is 6.42 Å². The highest BCUT2D eigenvalue weighted by Crippen LogP contribution is 2.24. The maximum atomic E-state index is 11.5. The number of hydrogen-bond acceptors (Lipinski definition) is 4. The lowest BCUT2D eigenvalue weighted by molar-refractivity contribution is 0.0689. The summed E-state index contributed by atoms with van der Waals surface area (Å²) in [4.78, 5) is 15.8. The van der Waals surface area contributed by atoms with Crippen molar-refractivity contribution in [1.29, 1.82) is 0 Å². The van der Waals surface area contributed by atoms with Gasteiger partial charge in [-0.2, -0.15) is 0 Å². The van der Waals surface area contributed by atoms with Crippen molar-refractivity contribution in [3.8, 4) is 5.69 Å². The predicted molar refractivity (Wildman–Crippen MR) is 77.6 cm³/mol. The van der Waals surface area contributed by atoms with Crippen LogP contribution in [0.4, 0.5) is 0 Å². The van der Waals surface area contributed by atoms with E-state index in [-0.39, 0.29) is 5.69 Å². The van der Waals surface area contributed by atoms with Crippen molar-refractivity contribution < 1.29 is 9.90 Å². The van der Waals surface area contributed by atoms with Crippen molar-refractivity contribution >= 4 is 16.9 Å². The summed E-state index contributed by atoms with van der Waals surface area (Å²) in [5, 5.41) is 18.0. The van der Waals surface area contributed by atoms with Gasteiger partial charge in [0.05, 0.1) is 11.2 Å². The Morgan fingerprint density at radius 3 is 2.86 bits per heavy atom. The molecule has 0 fully saturated rings. The summed E-state index contributed by atoms with van der Waals surface area (Å²) < 4.78 is 1.80. The molecule has 6 nitrogen and oxygen atoms in total. The van der Waals surface area contributed by atoms with Gasteiger partial charge in [0.2, 0.25) is 0 Å². The molecule has 0 saturated heterocycles. The lowest BCUT2D eigenvalue weighted by Crippen LogP contribution is -2.12. The van der Waals surface area contributed by atoms with Gasteiger partial charge >= 0.3 is 5.97 Å². The number of carboxylic acid groups (broad SMARTS) is 1. The van der Waals surface area contributed by atoms with Crippen LogP contribution in [-0.4, -0.2) is 30.8 Å². The second kappa shape index (κ2) is 5.32. The van der Waals surface area contributed by atoms with Crippen LogP contribution < -0.4 is 0 Å². The first-order valence-electron chi connectivity index (χ1n) is 6.73.